The molecule has 0 saturated carbocycles. The van der Waals surface area contributed by atoms with Gasteiger partial charge in [0.25, 0.3) is 0 Å². The number of hydrogen-bond acceptors (Lipinski definition) is 2. The minimum Gasteiger partial charge on any atom is -0.340 e. The van der Waals surface area contributed by atoms with Gasteiger partial charge in [-0.25, -0.2) is 0 Å². The van der Waals surface area contributed by atoms with Gasteiger partial charge in [-0.15, -0.1) is 0 Å². The second-order valence-corrected chi connectivity index (χ2v) is 5.48. The molecule has 2 rings (SSSR count). The minimum absolute atomic E-state index is 0.0303. The van der Waals surface area contributed by atoms with Crippen molar-refractivity contribution in [3.05, 3.63) is 35.4 Å². The molecule has 0 aromatic heterocycles. The van der Waals surface area contributed by atoms with Gasteiger partial charge in [-0.2, -0.15) is 0 Å². The van der Waals surface area contributed by atoms with Gasteiger partial charge in [0, 0.05) is 6.54 Å². The Bertz CT molecular complexity index is 504. The van der Waals surface area contributed by atoms with Crippen molar-refractivity contribution in [1.82, 2.24) is 10.2 Å². The number of carbonyl (C=O) groups excluding carboxylic acids is 2. The molecule has 20 heavy (non-hydrogen) atoms. The zero-order valence-corrected chi connectivity index (χ0v) is 12.4. The summed E-state index contributed by atoms with van der Waals surface area (Å²) >= 11 is 0. The second kappa shape index (κ2) is 5.65. The third-order valence-electron chi connectivity index (χ3n) is 4.11. The van der Waals surface area contributed by atoms with Crippen LogP contribution in [0.2, 0.25) is 0 Å². The third kappa shape index (κ3) is 2.69. The van der Waals surface area contributed by atoms with Crippen LogP contribution in [0.3, 0.4) is 0 Å². The van der Waals surface area contributed by atoms with Gasteiger partial charge in [0.05, 0.1) is 6.54 Å². The molecule has 1 aliphatic rings. The summed E-state index contributed by atoms with van der Waals surface area (Å²) in [6.07, 6.45) is 1.25. The van der Waals surface area contributed by atoms with Gasteiger partial charge in [-0.3, -0.25) is 9.59 Å². The molecule has 1 heterocycles. The maximum absolute atomic E-state index is 12.6. The van der Waals surface area contributed by atoms with Crippen LogP contribution in [0.25, 0.3) is 0 Å². The summed E-state index contributed by atoms with van der Waals surface area (Å²) in [6.45, 7) is 6.55. The molecule has 0 aliphatic carbocycles. The van der Waals surface area contributed by atoms with Gasteiger partial charge in [-0.1, -0.05) is 43.7 Å². The zero-order valence-electron chi connectivity index (χ0n) is 12.4. The van der Waals surface area contributed by atoms with Gasteiger partial charge in [-0.05, 0) is 25.3 Å². The van der Waals surface area contributed by atoms with E-state index in [9.17, 15) is 9.59 Å². The highest BCUT2D eigenvalue weighted by molar-refractivity contribution is 5.97. The van der Waals surface area contributed by atoms with Gasteiger partial charge in [0.15, 0.2) is 0 Å². The number of nitrogens with one attached hydrogen (secondary N) is 1. The summed E-state index contributed by atoms with van der Waals surface area (Å²) in [5.74, 6) is -0.0388. The van der Waals surface area contributed by atoms with E-state index in [1.165, 1.54) is 5.56 Å². The molecule has 108 valence electrons. The topological polar surface area (TPSA) is 49.4 Å². The quantitative estimate of drug-likeness (QED) is 0.913. The van der Waals surface area contributed by atoms with Gasteiger partial charge in [0.2, 0.25) is 11.8 Å². The van der Waals surface area contributed by atoms with E-state index in [4.69, 9.17) is 0 Å². The normalized spacial score (nSPS) is 18.1. The maximum Gasteiger partial charge on any atom is 0.249 e. The Balaban J connectivity index is 2.20. The van der Waals surface area contributed by atoms with Crippen LogP contribution >= 0.6 is 0 Å². The lowest BCUT2D eigenvalue weighted by molar-refractivity contribution is -0.151. The summed E-state index contributed by atoms with van der Waals surface area (Å²) in [6, 6.07) is 8.07. The molecule has 1 saturated heterocycles. The van der Waals surface area contributed by atoms with E-state index in [1.54, 1.807) is 4.90 Å². The highest BCUT2D eigenvalue weighted by atomic mass is 16.2. The Morgan fingerprint density at radius 3 is 2.30 bits per heavy atom. The summed E-state index contributed by atoms with van der Waals surface area (Å²) < 4.78 is 0. The molecule has 1 aromatic carbocycles. The summed E-state index contributed by atoms with van der Waals surface area (Å²) in [4.78, 5) is 26.2. The molecule has 1 N–H and O–H groups in total. The number of hydrogen-bond donors (Lipinski definition) is 1. The molecule has 1 aliphatic heterocycles. The number of amides is 2. The molecule has 4 nitrogen and oxygen atoms in total. The molecule has 0 atom stereocenters. The van der Waals surface area contributed by atoms with Crippen LogP contribution in [0, 0.1) is 6.92 Å². The van der Waals surface area contributed by atoms with Crippen LogP contribution in [0.5, 0.6) is 0 Å². The number of aryl methyl sites for hydroxylation is 1. The third-order valence-corrected chi connectivity index (χ3v) is 4.11. The highest BCUT2D eigenvalue weighted by Crippen LogP contribution is 2.23. The van der Waals surface area contributed by atoms with Crippen molar-refractivity contribution in [2.45, 2.75) is 45.7 Å². The molecule has 0 spiro atoms. The molecular formula is C16H22N2O2. The van der Waals surface area contributed by atoms with E-state index in [1.807, 2.05) is 45.0 Å². The first kappa shape index (κ1) is 14.6. The lowest BCUT2D eigenvalue weighted by Gasteiger charge is -2.41. The van der Waals surface area contributed by atoms with Crippen LogP contribution in [-0.4, -0.2) is 28.8 Å². The van der Waals surface area contributed by atoms with Crippen molar-refractivity contribution in [3.63, 3.8) is 0 Å². The van der Waals surface area contributed by atoms with Crippen LogP contribution in [-0.2, 0) is 16.1 Å². The number of piperazine rings is 1. The van der Waals surface area contributed by atoms with E-state index >= 15 is 0 Å². The second-order valence-electron chi connectivity index (χ2n) is 5.48. The van der Waals surface area contributed by atoms with E-state index in [0.29, 0.717) is 19.4 Å². The highest BCUT2D eigenvalue weighted by Gasteiger charge is 2.43. The first-order chi connectivity index (χ1) is 9.50. The van der Waals surface area contributed by atoms with Gasteiger partial charge < -0.3 is 10.2 Å². The van der Waals surface area contributed by atoms with Crippen LogP contribution in [0.4, 0.5) is 0 Å². The van der Waals surface area contributed by atoms with E-state index in [0.717, 1.165) is 5.56 Å². The summed E-state index contributed by atoms with van der Waals surface area (Å²) in [5.41, 5.74) is 1.52. The first-order valence-corrected chi connectivity index (χ1v) is 7.16. The predicted molar refractivity (Wildman–Crippen MR) is 78.1 cm³/mol. The summed E-state index contributed by atoms with van der Waals surface area (Å²) in [5, 5.41) is 2.87. The van der Waals surface area contributed by atoms with Crippen molar-refractivity contribution >= 4 is 11.8 Å². The van der Waals surface area contributed by atoms with E-state index in [2.05, 4.69) is 5.32 Å². The molecule has 2 amide bonds. The average molecular weight is 274 g/mol. The standard InChI is InChI=1S/C16H22N2O2/c1-4-16(5-2)15(20)18(11-14(19)17-16)10-13-8-6-12(3)7-9-13/h6-9H,4-5,10-11H2,1-3H3,(H,17,19). The van der Waals surface area contributed by atoms with Crippen LogP contribution < -0.4 is 5.32 Å². The average Bonchev–Trinajstić information content (AvgIpc) is 2.45. The fourth-order valence-electron chi connectivity index (χ4n) is 2.68. The van der Waals surface area contributed by atoms with Crippen LogP contribution in [0.1, 0.15) is 37.8 Å². The Kier molecular flexibility index (Phi) is 4.12. The Hall–Kier alpha value is -1.84. The lowest BCUT2D eigenvalue weighted by Crippen LogP contribution is -2.65. The lowest BCUT2D eigenvalue weighted by atomic mass is 9.88. The molecule has 1 aromatic rings. The van der Waals surface area contributed by atoms with Gasteiger partial charge >= 0.3 is 0 Å². The van der Waals surface area contributed by atoms with Crippen molar-refractivity contribution in [1.29, 1.82) is 0 Å². The Morgan fingerprint density at radius 2 is 1.75 bits per heavy atom. The van der Waals surface area contributed by atoms with E-state index in [-0.39, 0.29) is 18.4 Å². The number of rotatable bonds is 4. The van der Waals surface area contributed by atoms with E-state index < -0.39 is 5.54 Å². The number of carbonyl (C=O) groups is 2. The molecular weight excluding hydrogens is 252 g/mol. The summed E-state index contributed by atoms with van der Waals surface area (Å²) in [7, 11) is 0. The molecule has 1 fully saturated rings. The van der Waals surface area contributed by atoms with Crippen LogP contribution in [0.15, 0.2) is 24.3 Å². The predicted octanol–water partition coefficient (Wildman–Crippen LogP) is 2.01. The Morgan fingerprint density at radius 1 is 1.15 bits per heavy atom. The fraction of sp³-hybridized carbons (Fsp3) is 0.500. The molecule has 0 bridgehead atoms. The van der Waals surface area contributed by atoms with Crippen molar-refractivity contribution in [2.75, 3.05) is 6.54 Å². The first-order valence-electron chi connectivity index (χ1n) is 7.16. The number of benzene rings is 1. The monoisotopic (exact) mass is 274 g/mol. The SMILES string of the molecule is CCC1(CC)NC(=O)CN(Cc2ccc(C)cc2)C1=O. The van der Waals surface area contributed by atoms with Crippen molar-refractivity contribution in [3.8, 4) is 0 Å². The molecule has 4 heteroatoms. The van der Waals surface area contributed by atoms with Gasteiger partial charge in [0.1, 0.15) is 5.54 Å². The minimum atomic E-state index is -0.722. The van der Waals surface area contributed by atoms with Crippen molar-refractivity contribution in [2.24, 2.45) is 0 Å². The smallest absolute Gasteiger partial charge is 0.249 e. The largest absolute Gasteiger partial charge is 0.340 e. The Labute approximate surface area is 120 Å². The fourth-order valence-corrected chi connectivity index (χ4v) is 2.68. The maximum atomic E-state index is 12.6. The zero-order chi connectivity index (χ0) is 14.8. The van der Waals surface area contributed by atoms with Crippen molar-refractivity contribution < 1.29 is 9.59 Å². The molecule has 0 radical (unpaired) electrons. The molecule has 0 unspecified atom stereocenters. The number of nitrogens with zero attached hydrogens (tertiary/aromatic N) is 1.